The molecule has 0 radical (unpaired) electrons. The molecule has 0 aliphatic carbocycles. The fourth-order valence-electron chi connectivity index (χ4n) is 1.02. The van der Waals surface area contributed by atoms with Crippen molar-refractivity contribution in [1.29, 1.82) is 0 Å². The van der Waals surface area contributed by atoms with Crippen LogP contribution in [0.5, 0.6) is 5.75 Å². The average molecular weight is 222 g/mol. The first kappa shape index (κ1) is 12.0. The van der Waals surface area contributed by atoms with Gasteiger partial charge in [-0.05, 0) is 24.3 Å². The number of urea groups is 1. The monoisotopic (exact) mass is 222 g/mol. The maximum Gasteiger partial charge on any atom is 0.323 e. The highest BCUT2D eigenvalue weighted by Crippen LogP contribution is 2.10. The van der Waals surface area contributed by atoms with Gasteiger partial charge in [-0.2, -0.15) is 0 Å². The second kappa shape index (κ2) is 5.16. The summed E-state index contributed by atoms with van der Waals surface area (Å²) in [7, 11) is 4.68. The van der Waals surface area contributed by atoms with Gasteiger partial charge in [0.25, 0.3) is 5.91 Å². The van der Waals surface area contributed by atoms with Gasteiger partial charge in [-0.15, -0.1) is 0 Å². The van der Waals surface area contributed by atoms with Gasteiger partial charge in [-0.25, -0.2) is 4.79 Å². The second-order valence-corrected chi connectivity index (χ2v) is 3.38. The van der Waals surface area contributed by atoms with Crippen LogP contribution in [0.2, 0.25) is 0 Å². The van der Waals surface area contributed by atoms with E-state index in [0.29, 0.717) is 11.3 Å². The van der Waals surface area contributed by atoms with Gasteiger partial charge < -0.3 is 9.64 Å². The Morgan fingerprint density at radius 2 is 1.75 bits per heavy atom. The first-order chi connectivity index (χ1) is 7.54. The Balaban J connectivity index is 2.70. The molecule has 1 N–H and O–H groups in total. The third kappa shape index (κ3) is 2.98. The summed E-state index contributed by atoms with van der Waals surface area (Å²) in [6, 6.07) is 6.07. The van der Waals surface area contributed by atoms with Crippen LogP contribution in [0.1, 0.15) is 10.4 Å². The van der Waals surface area contributed by atoms with Crippen LogP contribution in [0.3, 0.4) is 0 Å². The summed E-state index contributed by atoms with van der Waals surface area (Å²) in [5.74, 6) is 0.233. The zero-order valence-corrected chi connectivity index (χ0v) is 9.48. The molecule has 5 nitrogen and oxygen atoms in total. The number of methoxy groups -OCH3 is 1. The lowest BCUT2D eigenvalue weighted by atomic mass is 10.2. The molecule has 3 amide bonds. The molecule has 0 fully saturated rings. The molecular formula is C11H14N2O3. The number of imide groups is 1. The predicted molar refractivity (Wildman–Crippen MR) is 59.5 cm³/mol. The van der Waals surface area contributed by atoms with E-state index in [4.69, 9.17) is 4.74 Å². The third-order valence-electron chi connectivity index (χ3n) is 1.98. The van der Waals surface area contributed by atoms with Crippen molar-refractivity contribution >= 4 is 11.9 Å². The molecule has 0 atom stereocenters. The van der Waals surface area contributed by atoms with Gasteiger partial charge in [0.2, 0.25) is 0 Å². The highest BCUT2D eigenvalue weighted by molar-refractivity contribution is 6.04. The molecule has 5 heteroatoms. The van der Waals surface area contributed by atoms with E-state index in [1.807, 2.05) is 0 Å². The number of hydrogen-bond donors (Lipinski definition) is 1. The van der Waals surface area contributed by atoms with Crippen molar-refractivity contribution in [2.45, 2.75) is 0 Å². The van der Waals surface area contributed by atoms with E-state index in [9.17, 15) is 9.59 Å². The maximum absolute atomic E-state index is 11.6. The van der Waals surface area contributed by atoms with Crippen LogP contribution < -0.4 is 10.1 Å². The van der Waals surface area contributed by atoms with E-state index in [1.165, 1.54) is 4.90 Å². The lowest BCUT2D eigenvalue weighted by Gasteiger charge is -2.10. The molecule has 0 unspecified atom stereocenters. The van der Waals surface area contributed by atoms with Crippen LogP contribution >= 0.6 is 0 Å². The largest absolute Gasteiger partial charge is 0.497 e. The average Bonchev–Trinajstić information content (AvgIpc) is 2.28. The minimum Gasteiger partial charge on any atom is -0.497 e. The Morgan fingerprint density at radius 1 is 1.19 bits per heavy atom. The molecule has 1 aromatic carbocycles. The van der Waals surface area contributed by atoms with Crippen molar-refractivity contribution in [3.63, 3.8) is 0 Å². The van der Waals surface area contributed by atoms with E-state index >= 15 is 0 Å². The summed E-state index contributed by atoms with van der Waals surface area (Å²) in [4.78, 5) is 24.1. The molecule has 0 heterocycles. The Hall–Kier alpha value is -2.04. The minimum atomic E-state index is -0.444. The highest BCUT2D eigenvalue weighted by atomic mass is 16.5. The highest BCUT2D eigenvalue weighted by Gasteiger charge is 2.11. The summed E-state index contributed by atoms with van der Waals surface area (Å²) in [5, 5.41) is 2.24. The molecule has 1 aromatic rings. The van der Waals surface area contributed by atoms with E-state index in [0.717, 1.165) is 0 Å². The lowest BCUT2D eigenvalue weighted by Crippen LogP contribution is -2.38. The van der Waals surface area contributed by atoms with E-state index in [-0.39, 0.29) is 0 Å². The second-order valence-electron chi connectivity index (χ2n) is 3.38. The number of amides is 3. The molecule has 16 heavy (non-hydrogen) atoms. The van der Waals surface area contributed by atoms with Crippen LogP contribution in [0.25, 0.3) is 0 Å². The van der Waals surface area contributed by atoms with Crippen molar-refractivity contribution in [3.05, 3.63) is 29.8 Å². The fourth-order valence-corrected chi connectivity index (χ4v) is 1.02. The number of ether oxygens (including phenoxy) is 1. The quantitative estimate of drug-likeness (QED) is 0.815. The van der Waals surface area contributed by atoms with Crippen LogP contribution in [0, 0.1) is 0 Å². The van der Waals surface area contributed by atoms with Gasteiger partial charge in [0.15, 0.2) is 0 Å². The molecule has 1 rings (SSSR count). The zero-order chi connectivity index (χ0) is 12.1. The van der Waals surface area contributed by atoms with Gasteiger partial charge in [0.1, 0.15) is 5.75 Å². The number of hydrogen-bond acceptors (Lipinski definition) is 3. The molecule has 0 aliphatic rings. The standard InChI is InChI=1S/C11H14N2O3/c1-13(2)11(15)12-10(14)8-4-6-9(16-3)7-5-8/h4-7H,1-3H3,(H,12,14,15). The predicted octanol–water partition coefficient (Wildman–Crippen LogP) is 1.11. The number of rotatable bonds is 2. The SMILES string of the molecule is COc1ccc(C(=O)NC(=O)N(C)C)cc1. The third-order valence-corrected chi connectivity index (χ3v) is 1.98. The van der Waals surface area contributed by atoms with Crippen molar-refractivity contribution < 1.29 is 14.3 Å². The summed E-state index contributed by atoms with van der Waals surface area (Å²) in [5.41, 5.74) is 0.413. The van der Waals surface area contributed by atoms with Crippen LogP contribution in [0.15, 0.2) is 24.3 Å². The van der Waals surface area contributed by atoms with Crippen LogP contribution in [-0.2, 0) is 0 Å². The number of carbonyl (C=O) groups is 2. The van der Waals surface area contributed by atoms with Crippen molar-refractivity contribution in [2.75, 3.05) is 21.2 Å². The Bertz CT molecular complexity index is 385. The van der Waals surface area contributed by atoms with Gasteiger partial charge in [0, 0.05) is 19.7 Å². The minimum absolute atomic E-state index is 0.413. The first-order valence-electron chi connectivity index (χ1n) is 4.71. The summed E-state index contributed by atoms with van der Waals surface area (Å²) < 4.78 is 4.96. The molecule has 0 saturated carbocycles. The van der Waals surface area contributed by atoms with E-state index in [2.05, 4.69) is 5.32 Å². The normalized spacial score (nSPS) is 9.44. The number of nitrogens with zero attached hydrogens (tertiary/aromatic N) is 1. The molecule has 0 aliphatic heterocycles. The van der Waals surface area contributed by atoms with Gasteiger partial charge >= 0.3 is 6.03 Å². The van der Waals surface area contributed by atoms with Gasteiger partial charge in [0.05, 0.1) is 7.11 Å². The Kier molecular flexibility index (Phi) is 3.88. The summed E-state index contributed by atoms with van der Waals surface area (Å²) >= 11 is 0. The lowest BCUT2D eigenvalue weighted by molar-refractivity contribution is 0.0957. The molecule has 0 bridgehead atoms. The van der Waals surface area contributed by atoms with Crippen LogP contribution in [0.4, 0.5) is 4.79 Å². The van der Waals surface area contributed by atoms with Crippen LogP contribution in [-0.4, -0.2) is 38.0 Å². The molecule has 0 saturated heterocycles. The summed E-state index contributed by atoms with van der Waals surface area (Å²) in [6.45, 7) is 0. The molecular weight excluding hydrogens is 208 g/mol. The molecule has 0 spiro atoms. The maximum atomic E-state index is 11.6. The van der Waals surface area contributed by atoms with E-state index in [1.54, 1.807) is 45.5 Å². The number of nitrogens with one attached hydrogen (secondary N) is 1. The summed E-state index contributed by atoms with van der Waals surface area (Å²) in [6.07, 6.45) is 0. The smallest absolute Gasteiger partial charge is 0.323 e. The fraction of sp³-hybridized carbons (Fsp3) is 0.273. The van der Waals surface area contributed by atoms with E-state index < -0.39 is 11.9 Å². The Labute approximate surface area is 94.0 Å². The number of benzene rings is 1. The topological polar surface area (TPSA) is 58.6 Å². The van der Waals surface area contributed by atoms with Crippen molar-refractivity contribution in [1.82, 2.24) is 10.2 Å². The van der Waals surface area contributed by atoms with Crippen molar-refractivity contribution in [2.24, 2.45) is 0 Å². The zero-order valence-electron chi connectivity index (χ0n) is 9.48. The van der Waals surface area contributed by atoms with Gasteiger partial charge in [-0.3, -0.25) is 10.1 Å². The molecule has 86 valence electrons. The van der Waals surface area contributed by atoms with Crippen molar-refractivity contribution in [3.8, 4) is 5.75 Å². The number of carbonyl (C=O) groups excluding carboxylic acids is 2. The molecule has 0 aromatic heterocycles. The Morgan fingerprint density at radius 3 is 2.19 bits per heavy atom. The van der Waals surface area contributed by atoms with Gasteiger partial charge in [-0.1, -0.05) is 0 Å². The first-order valence-corrected chi connectivity index (χ1v) is 4.71.